The molecule has 2 amide bonds. The molecule has 9 heteroatoms. The zero-order valence-corrected chi connectivity index (χ0v) is 24.5. The van der Waals surface area contributed by atoms with Crippen molar-refractivity contribution in [1.82, 2.24) is 14.4 Å². The van der Waals surface area contributed by atoms with Gasteiger partial charge in [0.15, 0.2) is 11.5 Å². The lowest BCUT2D eigenvalue weighted by atomic mass is 9.94. The monoisotopic (exact) mass is 609 g/mol. The second-order valence-corrected chi connectivity index (χ2v) is 11.3. The number of fused-ring (bicyclic) bond motifs is 1. The van der Waals surface area contributed by atoms with E-state index < -0.39 is 0 Å². The molecule has 1 aliphatic heterocycles. The Morgan fingerprint density at radius 3 is 2.58 bits per heavy atom. The van der Waals surface area contributed by atoms with E-state index in [1.54, 1.807) is 30.2 Å². The van der Waals surface area contributed by atoms with E-state index in [2.05, 4.69) is 44.9 Å². The normalized spacial score (nSPS) is 14.8. The van der Waals surface area contributed by atoms with E-state index in [0.717, 1.165) is 42.4 Å². The first-order valence-corrected chi connectivity index (χ1v) is 14.7. The van der Waals surface area contributed by atoms with Gasteiger partial charge in [0.2, 0.25) is 12.7 Å². The molecule has 8 nitrogen and oxygen atoms in total. The third kappa shape index (κ3) is 6.88. The summed E-state index contributed by atoms with van der Waals surface area (Å²) in [5.41, 5.74) is 2.73. The number of rotatable bonds is 11. The summed E-state index contributed by atoms with van der Waals surface area (Å²) in [5.74, 6) is 0.879. The predicted molar refractivity (Wildman–Crippen MR) is 155 cm³/mol. The highest BCUT2D eigenvalue weighted by Crippen LogP contribution is 2.33. The number of benzene rings is 2. The van der Waals surface area contributed by atoms with Crippen LogP contribution in [0.3, 0.4) is 0 Å². The molecule has 1 aliphatic carbocycles. The van der Waals surface area contributed by atoms with E-state index in [4.69, 9.17) is 14.2 Å². The van der Waals surface area contributed by atoms with Gasteiger partial charge in [0.1, 0.15) is 6.54 Å². The van der Waals surface area contributed by atoms with Gasteiger partial charge in [0.25, 0.3) is 5.91 Å². The Labute approximate surface area is 243 Å². The van der Waals surface area contributed by atoms with Gasteiger partial charge in [0.05, 0.1) is 13.2 Å². The number of hydrogen-bond donors (Lipinski definition) is 0. The molecule has 1 saturated carbocycles. The smallest absolute Gasteiger partial charge is 0.254 e. The number of aromatic nitrogens is 1. The first-order valence-electron chi connectivity index (χ1n) is 13.9. The average Bonchev–Trinajstić information content (AvgIpc) is 3.64. The van der Waals surface area contributed by atoms with Gasteiger partial charge in [-0.2, -0.15) is 0 Å². The lowest BCUT2D eigenvalue weighted by Gasteiger charge is -2.36. The minimum absolute atomic E-state index is 0.0133. The summed E-state index contributed by atoms with van der Waals surface area (Å²) in [7, 11) is 1.60. The van der Waals surface area contributed by atoms with Crippen LogP contribution in [0.25, 0.3) is 0 Å². The largest absolute Gasteiger partial charge is 0.454 e. The van der Waals surface area contributed by atoms with Crippen molar-refractivity contribution in [2.24, 2.45) is 0 Å². The summed E-state index contributed by atoms with van der Waals surface area (Å²) in [6.07, 6.45) is 7.44. The van der Waals surface area contributed by atoms with Crippen LogP contribution in [0.2, 0.25) is 0 Å². The van der Waals surface area contributed by atoms with E-state index in [-0.39, 0.29) is 31.2 Å². The van der Waals surface area contributed by atoms with Gasteiger partial charge >= 0.3 is 0 Å². The lowest BCUT2D eigenvalue weighted by Crippen LogP contribution is -2.48. The summed E-state index contributed by atoms with van der Waals surface area (Å²) in [4.78, 5) is 31.2. The molecule has 0 atom stereocenters. The van der Waals surface area contributed by atoms with Crippen LogP contribution in [-0.4, -0.2) is 65.8 Å². The third-order valence-electron chi connectivity index (χ3n) is 7.66. The number of amides is 2. The lowest BCUT2D eigenvalue weighted by molar-refractivity contribution is -0.135. The average molecular weight is 611 g/mol. The molecule has 0 saturated heterocycles. The number of nitrogens with zero attached hydrogens (tertiary/aromatic N) is 3. The Morgan fingerprint density at radius 1 is 1.02 bits per heavy atom. The summed E-state index contributed by atoms with van der Waals surface area (Å²) in [6, 6.07) is 17.7. The van der Waals surface area contributed by atoms with Gasteiger partial charge in [-0.25, -0.2) is 0 Å². The Hall–Kier alpha value is -3.30. The topological polar surface area (TPSA) is 73.2 Å². The molecule has 2 heterocycles. The maximum Gasteiger partial charge on any atom is 0.254 e. The second kappa shape index (κ2) is 13.4. The van der Waals surface area contributed by atoms with E-state index in [9.17, 15) is 9.59 Å². The van der Waals surface area contributed by atoms with Gasteiger partial charge in [-0.3, -0.25) is 9.59 Å². The molecule has 40 heavy (non-hydrogen) atoms. The number of carbonyl (C=O) groups excluding carboxylic acids is 2. The van der Waals surface area contributed by atoms with Crippen molar-refractivity contribution >= 4 is 27.7 Å². The number of halogens is 1. The third-order valence-corrected chi connectivity index (χ3v) is 8.18. The standard InChI is InChI=1S/C31H36BrN3O5/c1-38-17-16-34(31(37)24-11-14-28-29(18-24)40-22-39-28)21-30(36)35(26-6-3-2-4-7-26)20-27-8-5-15-33(27)19-23-9-12-25(32)13-10-23/h5,8-15,18,26H,2-4,6-7,16-17,19-22H2,1H3. The fourth-order valence-electron chi connectivity index (χ4n) is 5.44. The van der Waals surface area contributed by atoms with Crippen molar-refractivity contribution in [1.29, 1.82) is 0 Å². The molecule has 0 spiro atoms. The highest BCUT2D eigenvalue weighted by Gasteiger charge is 2.29. The van der Waals surface area contributed by atoms with Crippen LogP contribution < -0.4 is 9.47 Å². The maximum absolute atomic E-state index is 14.0. The fourth-order valence-corrected chi connectivity index (χ4v) is 5.71. The van der Waals surface area contributed by atoms with Crippen molar-refractivity contribution < 1.29 is 23.8 Å². The number of ether oxygens (including phenoxy) is 3. The van der Waals surface area contributed by atoms with Crippen molar-refractivity contribution in [3.63, 3.8) is 0 Å². The van der Waals surface area contributed by atoms with E-state index in [1.165, 1.54) is 12.0 Å². The highest BCUT2D eigenvalue weighted by atomic mass is 79.9. The van der Waals surface area contributed by atoms with Crippen molar-refractivity contribution in [2.75, 3.05) is 33.6 Å². The molecule has 1 fully saturated rings. The Balaban J connectivity index is 1.35. The summed E-state index contributed by atoms with van der Waals surface area (Å²) >= 11 is 3.51. The molecule has 0 N–H and O–H groups in total. The molecule has 0 radical (unpaired) electrons. The van der Waals surface area contributed by atoms with Gasteiger partial charge in [-0.1, -0.05) is 47.3 Å². The zero-order chi connectivity index (χ0) is 27.9. The molecule has 2 aliphatic rings. The van der Waals surface area contributed by atoms with Crippen LogP contribution >= 0.6 is 15.9 Å². The minimum atomic E-state index is -0.231. The van der Waals surface area contributed by atoms with E-state index in [0.29, 0.717) is 36.8 Å². The summed E-state index contributed by atoms with van der Waals surface area (Å²) < 4.78 is 19.4. The van der Waals surface area contributed by atoms with Crippen LogP contribution in [0.1, 0.15) is 53.7 Å². The van der Waals surface area contributed by atoms with Crippen molar-refractivity contribution in [2.45, 2.75) is 51.2 Å². The van der Waals surface area contributed by atoms with Gasteiger partial charge < -0.3 is 28.6 Å². The van der Waals surface area contributed by atoms with Crippen molar-refractivity contribution in [3.8, 4) is 11.5 Å². The molecule has 2 aromatic carbocycles. The Kier molecular flexibility index (Phi) is 9.44. The Bertz CT molecular complexity index is 1300. The minimum Gasteiger partial charge on any atom is -0.454 e. The van der Waals surface area contributed by atoms with E-state index >= 15 is 0 Å². The van der Waals surface area contributed by atoms with Gasteiger partial charge in [-0.05, 0) is 60.9 Å². The number of carbonyl (C=O) groups is 2. The maximum atomic E-state index is 14.0. The SMILES string of the molecule is COCCN(CC(=O)N(Cc1cccn1Cc1ccc(Br)cc1)C1CCCCC1)C(=O)c1ccc2c(c1)OCO2. The molecule has 212 valence electrons. The Morgan fingerprint density at radius 2 is 1.80 bits per heavy atom. The van der Waals surface area contributed by atoms with Crippen LogP contribution in [0, 0.1) is 0 Å². The zero-order valence-electron chi connectivity index (χ0n) is 22.9. The van der Waals surface area contributed by atoms with Crippen LogP contribution in [0.5, 0.6) is 11.5 Å². The molecule has 0 bridgehead atoms. The molecule has 0 unspecified atom stereocenters. The van der Waals surface area contributed by atoms with Gasteiger partial charge in [-0.15, -0.1) is 0 Å². The first-order chi connectivity index (χ1) is 19.5. The number of methoxy groups -OCH3 is 1. The molecular formula is C31H36BrN3O5. The molecule has 3 aromatic rings. The molecule has 1 aromatic heterocycles. The van der Waals surface area contributed by atoms with Crippen LogP contribution in [-0.2, 0) is 22.6 Å². The van der Waals surface area contributed by atoms with E-state index in [1.807, 2.05) is 23.1 Å². The van der Waals surface area contributed by atoms with Crippen LogP contribution in [0.15, 0.2) is 65.3 Å². The van der Waals surface area contributed by atoms with Gasteiger partial charge in [0, 0.05) is 48.2 Å². The predicted octanol–water partition coefficient (Wildman–Crippen LogP) is 5.48. The fraction of sp³-hybridized carbons (Fsp3) is 0.419. The van der Waals surface area contributed by atoms with Crippen molar-refractivity contribution in [3.05, 3.63) is 82.1 Å². The second-order valence-electron chi connectivity index (χ2n) is 10.4. The first kappa shape index (κ1) is 28.2. The quantitative estimate of drug-likeness (QED) is 0.288. The summed E-state index contributed by atoms with van der Waals surface area (Å²) in [5, 5.41) is 0. The summed E-state index contributed by atoms with van der Waals surface area (Å²) in [6.45, 7) is 2.00. The number of hydrogen-bond acceptors (Lipinski definition) is 5. The molecular weight excluding hydrogens is 574 g/mol. The highest BCUT2D eigenvalue weighted by molar-refractivity contribution is 9.10. The molecule has 5 rings (SSSR count). The van der Waals surface area contributed by atoms with Crippen LogP contribution in [0.4, 0.5) is 0 Å².